The molecule has 1 aromatic heterocycles. The third-order valence-electron chi connectivity index (χ3n) is 9.39. The Morgan fingerprint density at radius 1 is 0.447 bits per heavy atom. The second-order valence-corrected chi connectivity index (χ2v) is 12.6. The Balaban J connectivity index is 1.24. The van der Waals surface area contributed by atoms with Crippen molar-refractivity contribution in [1.82, 2.24) is 9.97 Å². The van der Waals surface area contributed by atoms with Crippen molar-refractivity contribution >= 4 is 0 Å². The van der Waals surface area contributed by atoms with Crippen LogP contribution in [0.3, 0.4) is 0 Å². The second-order valence-electron chi connectivity index (χ2n) is 12.6. The minimum atomic E-state index is -0.150. The topological polar surface area (TPSA) is 44.2 Å². The first-order chi connectivity index (χ1) is 23.1. The van der Waals surface area contributed by atoms with Crippen LogP contribution < -0.4 is 9.47 Å². The van der Waals surface area contributed by atoms with Gasteiger partial charge in [-0.2, -0.15) is 0 Å². The maximum Gasteiger partial charge on any atom is 0.179 e. The molecule has 4 heteroatoms. The molecule has 0 spiro atoms. The highest BCUT2D eigenvalue weighted by atomic mass is 16.6. The third-order valence-corrected chi connectivity index (χ3v) is 9.39. The van der Waals surface area contributed by atoms with E-state index in [4.69, 9.17) is 19.4 Å². The van der Waals surface area contributed by atoms with Gasteiger partial charge in [0, 0.05) is 27.7 Å². The summed E-state index contributed by atoms with van der Waals surface area (Å²) < 4.78 is 13.5. The van der Waals surface area contributed by atoms with Crippen LogP contribution in [0.4, 0.5) is 0 Å². The molecule has 0 atom stereocenters. The number of ether oxygens (including phenoxy) is 2. The highest BCUT2D eigenvalue weighted by Gasteiger charge is 2.40. The summed E-state index contributed by atoms with van der Waals surface area (Å²) in [7, 11) is 0. The molecule has 0 amide bonds. The van der Waals surface area contributed by atoms with Crippen molar-refractivity contribution in [3.05, 3.63) is 157 Å². The molecule has 0 saturated heterocycles. The van der Waals surface area contributed by atoms with Crippen LogP contribution in [0.15, 0.2) is 146 Å². The Morgan fingerprint density at radius 2 is 1.04 bits per heavy atom. The van der Waals surface area contributed by atoms with Gasteiger partial charge in [-0.3, -0.25) is 0 Å². The lowest BCUT2D eigenvalue weighted by Crippen LogP contribution is -2.15. The van der Waals surface area contributed by atoms with Gasteiger partial charge in [0.05, 0.1) is 11.4 Å². The first kappa shape index (κ1) is 27.3. The first-order valence-electron chi connectivity index (χ1n) is 15.9. The molecule has 0 radical (unpaired) electrons. The van der Waals surface area contributed by atoms with Gasteiger partial charge in [0.25, 0.3) is 0 Å². The van der Waals surface area contributed by atoms with E-state index in [9.17, 15) is 0 Å². The van der Waals surface area contributed by atoms with E-state index in [0.29, 0.717) is 23.1 Å². The number of aromatic nitrogens is 2. The lowest BCUT2D eigenvalue weighted by Gasteiger charge is -2.26. The van der Waals surface area contributed by atoms with E-state index < -0.39 is 0 Å². The number of hydrogen-bond donors (Lipinski definition) is 0. The van der Waals surface area contributed by atoms with Crippen molar-refractivity contribution in [2.45, 2.75) is 19.3 Å². The van der Waals surface area contributed by atoms with Crippen LogP contribution in [0.5, 0.6) is 23.0 Å². The van der Waals surface area contributed by atoms with Crippen molar-refractivity contribution in [3.63, 3.8) is 0 Å². The summed E-state index contributed by atoms with van der Waals surface area (Å²) in [5, 5.41) is 0. The molecule has 47 heavy (non-hydrogen) atoms. The Bertz CT molecular complexity index is 2330. The largest absolute Gasteiger partial charge is 0.449 e. The zero-order valence-corrected chi connectivity index (χ0v) is 26.1. The lowest BCUT2D eigenvalue weighted by molar-refractivity contribution is 0.361. The molecule has 224 valence electrons. The number of hydrogen-bond acceptors (Lipinski definition) is 4. The van der Waals surface area contributed by atoms with Crippen LogP contribution >= 0.6 is 0 Å². The van der Waals surface area contributed by atoms with E-state index >= 15 is 0 Å². The molecule has 4 nitrogen and oxygen atoms in total. The molecule has 0 unspecified atom stereocenters. The average molecular weight is 607 g/mol. The van der Waals surface area contributed by atoms with Crippen molar-refractivity contribution in [3.8, 4) is 79.2 Å². The summed E-state index contributed by atoms with van der Waals surface area (Å²) in [5.74, 6) is 3.41. The number of benzene rings is 6. The van der Waals surface area contributed by atoms with Gasteiger partial charge in [0.15, 0.2) is 28.8 Å². The van der Waals surface area contributed by atoms with Gasteiger partial charge in [-0.15, -0.1) is 0 Å². The Hall–Kier alpha value is -6.00. The van der Waals surface area contributed by atoms with Crippen molar-refractivity contribution in [2.75, 3.05) is 0 Å². The second kappa shape index (κ2) is 10.5. The molecule has 7 aromatic rings. The van der Waals surface area contributed by atoms with E-state index in [0.717, 1.165) is 50.5 Å². The fraction of sp³-hybridized carbons (Fsp3) is 0.0698. The SMILES string of the molecule is CC1(C)c2ccccc2-c2c1ccc1c2Oc2c(cccc2-c2cc(-c3ccccc3-c3ccccc3)nc(-c3ccccc3)n2)O1. The summed E-state index contributed by atoms with van der Waals surface area (Å²) in [6.07, 6.45) is 0. The summed E-state index contributed by atoms with van der Waals surface area (Å²) >= 11 is 0. The average Bonchev–Trinajstić information content (AvgIpc) is 3.37. The molecule has 0 saturated carbocycles. The van der Waals surface area contributed by atoms with Crippen LogP contribution in [0, 0.1) is 0 Å². The van der Waals surface area contributed by atoms with Gasteiger partial charge >= 0.3 is 0 Å². The van der Waals surface area contributed by atoms with Gasteiger partial charge in [0.1, 0.15) is 0 Å². The van der Waals surface area contributed by atoms with Crippen LogP contribution in [-0.2, 0) is 5.41 Å². The number of fused-ring (bicyclic) bond motifs is 6. The fourth-order valence-electron chi connectivity index (χ4n) is 7.06. The maximum absolute atomic E-state index is 6.95. The standard InChI is InChI=1S/C43H30N2O2/c1-43(2)33-22-12-11-20-31(33)39-34(43)24-25-38-41(39)47-40-32(21-13-23-37(40)46-38)36-26-35(44-42(45-36)28-16-7-4-8-17-28)30-19-10-9-18-29(30)27-14-5-3-6-15-27/h3-26H,1-2H3. The third kappa shape index (κ3) is 4.37. The minimum absolute atomic E-state index is 0.150. The smallest absolute Gasteiger partial charge is 0.179 e. The Kier molecular flexibility index (Phi) is 6.12. The zero-order chi connectivity index (χ0) is 31.5. The van der Waals surface area contributed by atoms with Crippen LogP contribution in [0.1, 0.15) is 25.0 Å². The highest BCUT2D eigenvalue weighted by Crippen LogP contribution is 2.59. The molecule has 6 aromatic carbocycles. The number of nitrogens with zero attached hydrogens (tertiary/aromatic N) is 2. The van der Waals surface area contributed by atoms with E-state index in [1.54, 1.807) is 0 Å². The normalized spacial score (nSPS) is 13.4. The van der Waals surface area contributed by atoms with Crippen LogP contribution in [-0.4, -0.2) is 9.97 Å². The Morgan fingerprint density at radius 3 is 1.81 bits per heavy atom. The maximum atomic E-state index is 6.95. The van der Waals surface area contributed by atoms with Crippen LogP contribution in [0.2, 0.25) is 0 Å². The summed E-state index contributed by atoms with van der Waals surface area (Å²) in [6.45, 7) is 4.54. The Labute approximate surface area is 274 Å². The molecule has 0 N–H and O–H groups in total. The van der Waals surface area contributed by atoms with Gasteiger partial charge in [0.2, 0.25) is 0 Å². The minimum Gasteiger partial charge on any atom is -0.449 e. The molecule has 2 heterocycles. The van der Waals surface area contributed by atoms with E-state index in [-0.39, 0.29) is 5.41 Å². The zero-order valence-electron chi connectivity index (χ0n) is 26.1. The lowest BCUT2D eigenvalue weighted by atomic mass is 9.82. The van der Waals surface area contributed by atoms with Crippen molar-refractivity contribution in [2.24, 2.45) is 0 Å². The van der Waals surface area contributed by atoms with Crippen molar-refractivity contribution < 1.29 is 9.47 Å². The summed E-state index contributed by atoms with van der Waals surface area (Å²) in [4.78, 5) is 10.3. The van der Waals surface area contributed by atoms with E-state index in [1.807, 2.05) is 54.6 Å². The van der Waals surface area contributed by atoms with E-state index in [1.165, 1.54) is 16.7 Å². The van der Waals surface area contributed by atoms with Gasteiger partial charge in [-0.1, -0.05) is 135 Å². The molecule has 0 fully saturated rings. The van der Waals surface area contributed by atoms with Gasteiger partial charge < -0.3 is 9.47 Å². The van der Waals surface area contributed by atoms with Gasteiger partial charge in [-0.25, -0.2) is 9.97 Å². The molecule has 0 bridgehead atoms. The molecule has 2 aliphatic rings. The quantitative estimate of drug-likeness (QED) is 0.200. The van der Waals surface area contributed by atoms with E-state index in [2.05, 4.69) is 105 Å². The fourth-order valence-corrected chi connectivity index (χ4v) is 7.06. The molecule has 9 rings (SSSR count). The summed E-state index contributed by atoms with van der Waals surface area (Å²) in [6, 6.07) is 49.8. The molecular formula is C43H30N2O2. The molecule has 1 aliphatic carbocycles. The van der Waals surface area contributed by atoms with Gasteiger partial charge in [-0.05, 0) is 52.1 Å². The number of rotatable bonds is 4. The van der Waals surface area contributed by atoms with Crippen LogP contribution in [0.25, 0.3) is 56.2 Å². The highest BCUT2D eigenvalue weighted by molar-refractivity contribution is 5.89. The predicted octanol–water partition coefficient (Wildman–Crippen LogP) is 11.3. The predicted molar refractivity (Wildman–Crippen MR) is 188 cm³/mol. The molecule has 1 aliphatic heterocycles. The van der Waals surface area contributed by atoms with Crippen molar-refractivity contribution in [1.29, 1.82) is 0 Å². The first-order valence-corrected chi connectivity index (χ1v) is 15.9. The monoisotopic (exact) mass is 606 g/mol. The molecular weight excluding hydrogens is 576 g/mol. The number of para-hydroxylation sites is 1. The summed E-state index contributed by atoms with van der Waals surface area (Å²) in [5.41, 5.74) is 11.3.